The van der Waals surface area contributed by atoms with Gasteiger partial charge in [0.05, 0.1) is 6.54 Å². The number of nitrogens with one attached hydrogen (secondary N) is 2. The second-order valence-corrected chi connectivity index (χ2v) is 8.24. The molecule has 2 N–H and O–H groups in total. The van der Waals surface area contributed by atoms with Crippen LogP contribution in [-0.2, 0) is 9.59 Å². The number of carbonyl (C=O) groups excluding carboxylic acids is 2. The van der Waals surface area contributed by atoms with Crippen LogP contribution in [-0.4, -0.2) is 49.4 Å². The number of unbranched alkanes of at least 4 members (excludes halogenated alkanes) is 4. The Labute approximate surface area is 177 Å². The smallest absolute Gasteiger partial charge is 0.233 e. The standard InChI is InChI=1S/C21H41N3O2.C2H6.2H2/c1-5-6-7-8-9-14-22-20(25)15-23-19-12-10-18(11-13-19)16-24(4)21(26)17(2)3;1-2;;/h17-19,23H,5-16H2,1-4H3,(H,22,25);1-2H3;2*1H. The zero-order chi connectivity index (χ0) is 21.4. The fourth-order valence-electron chi connectivity index (χ4n) is 3.72. The predicted octanol–water partition coefficient (Wildman–Crippen LogP) is 4.85. The lowest BCUT2D eigenvalue weighted by atomic mass is 9.85. The molecule has 0 heterocycles. The third-order valence-electron chi connectivity index (χ3n) is 5.40. The fourth-order valence-corrected chi connectivity index (χ4v) is 3.72. The normalized spacial score (nSPS) is 19.0. The summed E-state index contributed by atoms with van der Waals surface area (Å²) in [6.45, 7) is 12.2. The molecule has 2 amide bonds. The molecule has 5 nitrogen and oxygen atoms in total. The lowest BCUT2D eigenvalue weighted by molar-refractivity contribution is -0.133. The molecule has 0 aromatic rings. The van der Waals surface area contributed by atoms with Gasteiger partial charge in [-0.3, -0.25) is 9.59 Å². The Morgan fingerprint density at radius 3 is 2.21 bits per heavy atom. The Morgan fingerprint density at radius 2 is 1.64 bits per heavy atom. The van der Waals surface area contributed by atoms with E-state index in [1.54, 1.807) is 0 Å². The third kappa shape index (κ3) is 12.4. The summed E-state index contributed by atoms with van der Waals surface area (Å²) in [5, 5.41) is 6.42. The average Bonchev–Trinajstić information content (AvgIpc) is 2.70. The van der Waals surface area contributed by atoms with Crippen molar-refractivity contribution >= 4 is 11.8 Å². The lowest BCUT2D eigenvalue weighted by Gasteiger charge is -2.32. The first-order chi connectivity index (χ1) is 13.4. The topological polar surface area (TPSA) is 61.4 Å². The van der Waals surface area contributed by atoms with E-state index in [4.69, 9.17) is 0 Å². The Morgan fingerprint density at radius 1 is 1.04 bits per heavy atom. The van der Waals surface area contributed by atoms with Crippen molar-refractivity contribution in [1.29, 1.82) is 0 Å². The summed E-state index contributed by atoms with van der Waals surface area (Å²) < 4.78 is 0. The van der Waals surface area contributed by atoms with Crippen LogP contribution in [0.2, 0.25) is 0 Å². The van der Waals surface area contributed by atoms with Gasteiger partial charge in [0.25, 0.3) is 0 Å². The van der Waals surface area contributed by atoms with Crippen LogP contribution in [0.5, 0.6) is 0 Å². The largest absolute Gasteiger partial charge is 0.355 e. The quantitative estimate of drug-likeness (QED) is 0.459. The fraction of sp³-hybridized carbons (Fsp3) is 0.913. The zero-order valence-corrected chi connectivity index (χ0v) is 19.5. The van der Waals surface area contributed by atoms with Gasteiger partial charge in [-0.2, -0.15) is 0 Å². The van der Waals surface area contributed by atoms with Crippen LogP contribution >= 0.6 is 0 Å². The van der Waals surface area contributed by atoms with Crippen LogP contribution in [0.3, 0.4) is 0 Å². The van der Waals surface area contributed by atoms with Crippen molar-refractivity contribution < 1.29 is 12.4 Å². The average molecular weight is 402 g/mol. The molecule has 0 aromatic heterocycles. The summed E-state index contributed by atoms with van der Waals surface area (Å²) in [6.07, 6.45) is 10.6. The van der Waals surface area contributed by atoms with E-state index in [1.807, 2.05) is 39.6 Å². The van der Waals surface area contributed by atoms with Crippen LogP contribution in [0.1, 0.15) is 95.3 Å². The molecule has 1 rings (SSSR count). The van der Waals surface area contributed by atoms with Crippen molar-refractivity contribution in [2.45, 2.75) is 98.4 Å². The molecule has 5 heteroatoms. The van der Waals surface area contributed by atoms with E-state index in [9.17, 15) is 9.59 Å². The Bertz CT molecular complexity index is 415. The molecule has 170 valence electrons. The van der Waals surface area contributed by atoms with E-state index in [-0.39, 0.29) is 20.6 Å². The first-order valence-corrected chi connectivity index (χ1v) is 11.7. The molecule has 1 saturated carbocycles. The molecular weight excluding hydrogens is 350 g/mol. The molecule has 0 bridgehead atoms. The zero-order valence-electron chi connectivity index (χ0n) is 19.5. The second-order valence-electron chi connectivity index (χ2n) is 8.24. The maximum atomic E-state index is 12.0. The van der Waals surface area contributed by atoms with Crippen LogP contribution in [0.15, 0.2) is 0 Å². The van der Waals surface area contributed by atoms with E-state index in [2.05, 4.69) is 17.6 Å². The number of hydrogen-bond donors (Lipinski definition) is 2. The van der Waals surface area contributed by atoms with Crippen LogP contribution < -0.4 is 10.6 Å². The molecular formula is C23H51N3O2. The van der Waals surface area contributed by atoms with E-state index >= 15 is 0 Å². The molecule has 0 atom stereocenters. The SMILES string of the molecule is CC.CCCCCCCNC(=O)CNC1CCC(CN(C)C(=O)C(C)C)CC1.[HH].[HH]. The highest BCUT2D eigenvalue weighted by Crippen LogP contribution is 2.25. The van der Waals surface area contributed by atoms with Gasteiger partial charge in [0, 0.05) is 35.0 Å². The highest BCUT2D eigenvalue weighted by molar-refractivity contribution is 5.78. The van der Waals surface area contributed by atoms with Gasteiger partial charge in [-0.25, -0.2) is 0 Å². The Hall–Kier alpha value is -1.10. The first-order valence-electron chi connectivity index (χ1n) is 11.7. The van der Waals surface area contributed by atoms with Gasteiger partial charge >= 0.3 is 0 Å². The second kappa shape index (κ2) is 16.8. The molecule has 0 radical (unpaired) electrons. The highest BCUT2D eigenvalue weighted by Gasteiger charge is 2.24. The molecule has 1 aliphatic rings. The molecule has 0 unspecified atom stereocenters. The summed E-state index contributed by atoms with van der Waals surface area (Å²) in [6, 6.07) is 0.438. The summed E-state index contributed by atoms with van der Waals surface area (Å²) >= 11 is 0. The van der Waals surface area contributed by atoms with Crippen molar-refractivity contribution in [3.8, 4) is 0 Å². The van der Waals surface area contributed by atoms with Crippen molar-refractivity contribution in [2.75, 3.05) is 26.7 Å². The van der Waals surface area contributed by atoms with Gasteiger partial charge in [0.1, 0.15) is 0 Å². The molecule has 0 saturated heterocycles. The van der Waals surface area contributed by atoms with Gasteiger partial charge in [0.2, 0.25) is 11.8 Å². The first kappa shape index (κ1) is 26.9. The molecule has 1 aliphatic carbocycles. The summed E-state index contributed by atoms with van der Waals surface area (Å²) in [5.41, 5.74) is 0. The van der Waals surface area contributed by atoms with Gasteiger partial charge in [-0.05, 0) is 38.0 Å². The minimum absolute atomic E-state index is 0. The predicted molar refractivity (Wildman–Crippen MR) is 124 cm³/mol. The minimum Gasteiger partial charge on any atom is -0.355 e. The summed E-state index contributed by atoms with van der Waals surface area (Å²) in [5.74, 6) is 1.02. The van der Waals surface area contributed by atoms with Crippen LogP contribution in [0.25, 0.3) is 0 Å². The van der Waals surface area contributed by atoms with Crippen LogP contribution in [0, 0.1) is 11.8 Å². The van der Waals surface area contributed by atoms with Gasteiger partial charge < -0.3 is 15.5 Å². The molecule has 0 spiro atoms. The van der Waals surface area contributed by atoms with Crippen molar-refractivity contribution in [2.24, 2.45) is 11.8 Å². The van der Waals surface area contributed by atoms with Crippen molar-refractivity contribution in [3.05, 3.63) is 0 Å². The maximum absolute atomic E-state index is 12.0. The highest BCUT2D eigenvalue weighted by atomic mass is 16.2. The number of hydrogen-bond acceptors (Lipinski definition) is 3. The van der Waals surface area contributed by atoms with Crippen LogP contribution in [0.4, 0.5) is 0 Å². The van der Waals surface area contributed by atoms with E-state index in [0.717, 1.165) is 45.2 Å². The minimum atomic E-state index is 0. The molecule has 0 aromatic carbocycles. The lowest BCUT2D eigenvalue weighted by Crippen LogP contribution is -2.42. The van der Waals surface area contributed by atoms with Crippen molar-refractivity contribution in [1.82, 2.24) is 15.5 Å². The summed E-state index contributed by atoms with van der Waals surface area (Å²) in [4.78, 5) is 25.8. The van der Waals surface area contributed by atoms with Gasteiger partial charge in [-0.1, -0.05) is 60.3 Å². The van der Waals surface area contributed by atoms with E-state index in [0.29, 0.717) is 18.5 Å². The molecule has 28 heavy (non-hydrogen) atoms. The number of carbonyl (C=O) groups is 2. The Balaban J connectivity index is -0.00000176. The number of rotatable bonds is 12. The monoisotopic (exact) mass is 401 g/mol. The number of nitrogens with zero attached hydrogens (tertiary/aromatic N) is 1. The van der Waals surface area contributed by atoms with Gasteiger partial charge in [0.15, 0.2) is 0 Å². The molecule has 1 fully saturated rings. The Kier molecular flexibility index (Phi) is 16.2. The maximum Gasteiger partial charge on any atom is 0.233 e. The van der Waals surface area contributed by atoms with E-state index in [1.165, 1.54) is 25.7 Å². The third-order valence-corrected chi connectivity index (χ3v) is 5.40. The summed E-state index contributed by atoms with van der Waals surface area (Å²) in [7, 11) is 1.92. The van der Waals surface area contributed by atoms with E-state index < -0.39 is 0 Å². The van der Waals surface area contributed by atoms with Gasteiger partial charge in [-0.15, -0.1) is 0 Å². The van der Waals surface area contributed by atoms with Crippen molar-refractivity contribution in [3.63, 3.8) is 0 Å². The molecule has 0 aliphatic heterocycles. The number of amides is 2.